The van der Waals surface area contributed by atoms with Gasteiger partial charge in [0.2, 0.25) is 0 Å². The van der Waals surface area contributed by atoms with Crippen molar-refractivity contribution < 1.29 is 0 Å². The Kier molecular flexibility index (Phi) is 3.98. The molecular formula is C16H17N. The van der Waals surface area contributed by atoms with Crippen molar-refractivity contribution in [2.24, 2.45) is 0 Å². The van der Waals surface area contributed by atoms with Crippen molar-refractivity contribution in [1.82, 2.24) is 4.90 Å². The van der Waals surface area contributed by atoms with Gasteiger partial charge in [-0.05, 0) is 30.2 Å². The second kappa shape index (κ2) is 5.90. The summed E-state index contributed by atoms with van der Waals surface area (Å²) in [5, 5.41) is 0. The molecule has 0 aromatic rings. The molecule has 0 amide bonds. The minimum atomic E-state index is 1.04. The molecule has 0 aromatic heterocycles. The molecule has 0 unspecified atom stereocenters. The number of allylic oxidation sites excluding steroid dienone is 12. The van der Waals surface area contributed by atoms with E-state index in [9.17, 15) is 0 Å². The Bertz CT molecular complexity index is 426. The van der Waals surface area contributed by atoms with Crippen LogP contribution in [0.5, 0.6) is 0 Å². The summed E-state index contributed by atoms with van der Waals surface area (Å²) in [6.07, 6.45) is 24.8. The molecule has 0 saturated carbocycles. The van der Waals surface area contributed by atoms with Gasteiger partial charge < -0.3 is 4.90 Å². The van der Waals surface area contributed by atoms with E-state index in [-0.39, 0.29) is 0 Å². The normalized spacial score (nSPS) is 18.5. The average Bonchev–Trinajstić information content (AvgIpc) is 2.86. The highest BCUT2D eigenvalue weighted by Crippen LogP contribution is 2.23. The van der Waals surface area contributed by atoms with Gasteiger partial charge in [-0.1, -0.05) is 48.6 Å². The molecule has 1 nitrogen and oxygen atoms in total. The Morgan fingerprint density at radius 1 is 0.765 bits per heavy atom. The van der Waals surface area contributed by atoms with Gasteiger partial charge in [0.25, 0.3) is 0 Å². The van der Waals surface area contributed by atoms with Crippen LogP contribution in [0.3, 0.4) is 0 Å². The second-order valence-corrected chi connectivity index (χ2v) is 3.86. The number of hydrogen-bond donors (Lipinski definition) is 0. The van der Waals surface area contributed by atoms with Crippen LogP contribution in [0.2, 0.25) is 0 Å². The van der Waals surface area contributed by atoms with E-state index in [4.69, 9.17) is 0 Å². The van der Waals surface area contributed by atoms with Gasteiger partial charge in [0.05, 0.1) is 0 Å². The summed E-state index contributed by atoms with van der Waals surface area (Å²) in [7, 11) is 0. The molecule has 86 valence electrons. The first-order valence-corrected chi connectivity index (χ1v) is 5.94. The molecule has 0 fully saturated rings. The van der Waals surface area contributed by atoms with Gasteiger partial charge in [-0.2, -0.15) is 0 Å². The minimum Gasteiger partial charge on any atom is -0.355 e. The minimum absolute atomic E-state index is 1.04. The fraction of sp³-hybridized carbons (Fsp3) is 0.125. The SMILES string of the molecule is C1=CC2=CC=CC2=C1.CCN1C=CC=CC=C1. The van der Waals surface area contributed by atoms with Gasteiger partial charge in [-0.25, -0.2) is 0 Å². The Morgan fingerprint density at radius 3 is 1.76 bits per heavy atom. The number of hydrogen-bond acceptors (Lipinski definition) is 1. The van der Waals surface area contributed by atoms with E-state index in [2.05, 4.69) is 60.7 Å². The smallest absolute Gasteiger partial charge is 0.0191 e. The van der Waals surface area contributed by atoms with Crippen LogP contribution in [0, 0.1) is 0 Å². The first-order valence-electron chi connectivity index (χ1n) is 5.94. The van der Waals surface area contributed by atoms with Crippen LogP contribution >= 0.6 is 0 Å². The molecule has 0 atom stereocenters. The third kappa shape index (κ3) is 3.22. The van der Waals surface area contributed by atoms with Gasteiger partial charge in [-0.3, -0.25) is 0 Å². The molecule has 0 aromatic carbocycles. The predicted octanol–water partition coefficient (Wildman–Crippen LogP) is 3.88. The summed E-state index contributed by atoms with van der Waals surface area (Å²) in [6, 6.07) is 0. The Labute approximate surface area is 103 Å². The summed E-state index contributed by atoms with van der Waals surface area (Å²) >= 11 is 0. The van der Waals surface area contributed by atoms with E-state index in [0.717, 1.165) is 6.54 Å². The lowest BCUT2D eigenvalue weighted by Gasteiger charge is -2.09. The maximum atomic E-state index is 2.12. The van der Waals surface area contributed by atoms with Gasteiger partial charge in [-0.15, -0.1) is 0 Å². The molecule has 1 aliphatic heterocycles. The van der Waals surface area contributed by atoms with Crippen LogP contribution in [0.15, 0.2) is 84.3 Å². The molecule has 2 aliphatic carbocycles. The molecule has 0 saturated heterocycles. The highest BCUT2D eigenvalue weighted by molar-refractivity contribution is 5.59. The van der Waals surface area contributed by atoms with E-state index >= 15 is 0 Å². The molecule has 1 heterocycles. The van der Waals surface area contributed by atoms with Crippen LogP contribution in [-0.4, -0.2) is 11.4 Å². The summed E-state index contributed by atoms with van der Waals surface area (Å²) < 4.78 is 0. The summed E-state index contributed by atoms with van der Waals surface area (Å²) in [5.41, 5.74) is 2.70. The van der Waals surface area contributed by atoms with Crippen LogP contribution < -0.4 is 0 Å². The molecule has 1 heteroatoms. The molecule has 3 rings (SSSR count). The van der Waals surface area contributed by atoms with Gasteiger partial charge in [0.15, 0.2) is 0 Å². The zero-order valence-corrected chi connectivity index (χ0v) is 10.1. The van der Waals surface area contributed by atoms with Crippen LogP contribution in [0.25, 0.3) is 0 Å². The Hall–Kier alpha value is -2.02. The third-order valence-electron chi connectivity index (χ3n) is 2.69. The monoisotopic (exact) mass is 223 g/mol. The van der Waals surface area contributed by atoms with Crippen LogP contribution in [0.1, 0.15) is 6.92 Å². The van der Waals surface area contributed by atoms with Crippen molar-refractivity contribution in [3.63, 3.8) is 0 Å². The molecule has 17 heavy (non-hydrogen) atoms. The maximum Gasteiger partial charge on any atom is 0.0191 e. The molecular weight excluding hydrogens is 206 g/mol. The highest BCUT2D eigenvalue weighted by atomic mass is 15.1. The predicted molar refractivity (Wildman–Crippen MR) is 74.2 cm³/mol. The summed E-state index contributed by atoms with van der Waals surface area (Å²) in [6.45, 7) is 3.16. The van der Waals surface area contributed by atoms with Crippen molar-refractivity contribution in [1.29, 1.82) is 0 Å². The van der Waals surface area contributed by atoms with Crippen molar-refractivity contribution >= 4 is 0 Å². The van der Waals surface area contributed by atoms with Crippen molar-refractivity contribution in [3.05, 3.63) is 84.3 Å². The van der Waals surface area contributed by atoms with Crippen LogP contribution in [0.4, 0.5) is 0 Å². The molecule has 3 aliphatic rings. The highest BCUT2D eigenvalue weighted by Gasteiger charge is 2.04. The number of rotatable bonds is 1. The standard InChI is InChI=1S/C8H11N.C8H6/c1-2-9-7-5-3-4-6-8-9;1-3-7-5-2-6-8(7)4-1/h3-8H,2H2,1H3;1-6H. The lowest BCUT2D eigenvalue weighted by molar-refractivity contribution is 0.538. The fourth-order valence-corrected chi connectivity index (χ4v) is 1.72. The van der Waals surface area contributed by atoms with E-state index < -0.39 is 0 Å². The van der Waals surface area contributed by atoms with E-state index in [1.165, 1.54) is 11.1 Å². The number of fused-ring (bicyclic) bond motifs is 1. The lowest BCUT2D eigenvalue weighted by Crippen LogP contribution is -2.06. The van der Waals surface area contributed by atoms with Crippen molar-refractivity contribution in [2.45, 2.75) is 6.92 Å². The first-order chi connectivity index (χ1) is 8.40. The van der Waals surface area contributed by atoms with E-state index in [0.29, 0.717) is 0 Å². The van der Waals surface area contributed by atoms with Crippen LogP contribution in [-0.2, 0) is 0 Å². The van der Waals surface area contributed by atoms with Gasteiger partial charge in [0.1, 0.15) is 0 Å². The molecule has 0 bridgehead atoms. The largest absolute Gasteiger partial charge is 0.355 e. The Morgan fingerprint density at radius 2 is 1.29 bits per heavy atom. The van der Waals surface area contributed by atoms with Crippen molar-refractivity contribution in [3.8, 4) is 0 Å². The topological polar surface area (TPSA) is 3.24 Å². The number of nitrogens with zero attached hydrogens (tertiary/aromatic N) is 1. The third-order valence-corrected chi connectivity index (χ3v) is 2.69. The molecule has 0 radical (unpaired) electrons. The van der Waals surface area contributed by atoms with Gasteiger partial charge in [0, 0.05) is 18.9 Å². The molecule has 0 N–H and O–H groups in total. The molecule has 0 spiro atoms. The summed E-state index contributed by atoms with van der Waals surface area (Å²) in [5.74, 6) is 0. The fourth-order valence-electron chi connectivity index (χ4n) is 1.72. The van der Waals surface area contributed by atoms with E-state index in [1.54, 1.807) is 0 Å². The van der Waals surface area contributed by atoms with Crippen molar-refractivity contribution in [2.75, 3.05) is 6.54 Å². The van der Waals surface area contributed by atoms with Gasteiger partial charge >= 0.3 is 0 Å². The Balaban J connectivity index is 0.000000127. The van der Waals surface area contributed by atoms with E-state index in [1.807, 2.05) is 24.3 Å². The summed E-state index contributed by atoms with van der Waals surface area (Å²) in [4.78, 5) is 2.12. The maximum absolute atomic E-state index is 2.12. The first kappa shape index (κ1) is 11.5. The second-order valence-electron chi connectivity index (χ2n) is 3.86. The quantitative estimate of drug-likeness (QED) is 0.652. The average molecular weight is 223 g/mol. The zero-order chi connectivity index (χ0) is 11.9. The zero-order valence-electron chi connectivity index (χ0n) is 10.1. The lowest BCUT2D eigenvalue weighted by atomic mass is 10.2.